The van der Waals surface area contributed by atoms with E-state index in [-0.39, 0.29) is 25.2 Å². The van der Waals surface area contributed by atoms with Gasteiger partial charge in [-0.1, -0.05) is 43.3 Å². The molecule has 0 amide bonds. The summed E-state index contributed by atoms with van der Waals surface area (Å²) in [4.78, 5) is 0. The summed E-state index contributed by atoms with van der Waals surface area (Å²) in [5.41, 5.74) is -0.581. The topological polar surface area (TPSA) is 20.2 Å². The van der Waals surface area contributed by atoms with Gasteiger partial charge in [-0.3, -0.25) is 0 Å². The van der Waals surface area contributed by atoms with Gasteiger partial charge in [-0.15, -0.1) is 0 Å². The molecule has 0 spiro atoms. The average molecular weight is 390 g/mol. The first-order valence-corrected chi connectivity index (χ1v) is 8.47. The van der Waals surface area contributed by atoms with Crippen molar-refractivity contribution in [3.63, 3.8) is 0 Å². The number of benzene rings is 2. The highest BCUT2D eigenvalue weighted by molar-refractivity contribution is 5.27. The van der Waals surface area contributed by atoms with Gasteiger partial charge < -0.3 is 5.11 Å². The second kappa shape index (κ2) is 8.33. The Kier molecular flexibility index (Phi) is 6.57. The second-order valence-corrected chi connectivity index (χ2v) is 6.68. The lowest BCUT2D eigenvalue weighted by Crippen LogP contribution is -2.21. The Morgan fingerprint density at radius 3 is 1.81 bits per heavy atom. The molecule has 0 radical (unpaired) electrons. The first-order chi connectivity index (χ1) is 12.5. The van der Waals surface area contributed by atoms with Crippen LogP contribution in [0.4, 0.5) is 26.3 Å². The van der Waals surface area contributed by atoms with Gasteiger partial charge in [0.05, 0.1) is 17.2 Å². The van der Waals surface area contributed by atoms with E-state index in [9.17, 15) is 31.4 Å². The first-order valence-electron chi connectivity index (χ1n) is 8.47. The van der Waals surface area contributed by atoms with E-state index in [4.69, 9.17) is 0 Å². The molecule has 0 heterocycles. The quantitative estimate of drug-likeness (QED) is 0.609. The Bertz CT molecular complexity index is 751. The van der Waals surface area contributed by atoms with Crippen LogP contribution in [-0.2, 0) is 25.2 Å². The number of aryl methyl sites for hydroxylation is 1. The van der Waals surface area contributed by atoms with Crippen LogP contribution in [0.25, 0.3) is 0 Å². The normalized spacial score (nSPS) is 14.8. The molecule has 2 unspecified atom stereocenters. The van der Waals surface area contributed by atoms with Crippen molar-refractivity contribution in [2.45, 2.75) is 44.6 Å². The molecule has 2 aromatic carbocycles. The Labute approximate surface area is 153 Å². The molecular weight excluding hydrogens is 370 g/mol. The molecular formula is C20H20F6O. The van der Waals surface area contributed by atoms with E-state index in [2.05, 4.69) is 0 Å². The highest BCUT2D eigenvalue weighted by Gasteiger charge is 2.31. The minimum absolute atomic E-state index is 0.224. The predicted molar refractivity (Wildman–Crippen MR) is 90.1 cm³/mol. The zero-order valence-electron chi connectivity index (χ0n) is 14.6. The van der Waals surface area contributed by atoms with Crippen molar-refractivity contribution < 1.29 is 31.4 Å². The van der Waals surface area contributed by atoms with Gasteiger partial charge in [0.25, 0.3) is 0 Å². The van der Waals surface area contributed by atoms with E-state index in [1.54, 1.807) is 19.1 Å². The third kappa shape index (κ3) is 6.27. The summed E-state index contributed by atoms with van der Waals surface area (Å²) < 4.78 is 76.5. The molecule has 2 atom stereocenters. The van der Waals surface area contributed by atoms with Crippen LogP contribution in [0.1, 0.15) is 35.6 Å². The van der Waals surface area contributed by atoms with Gasteiger partial charge in [-0.2, -0.15) is 26.3 Å². The molecule has 0 bridgehead atoms. The SMILES string of the molecule is CC(Cc1cccc(C(F)(F)F)c1)C(O)CCc1cccc(C(F)(F)F)c1. The molecule has 148 valence electrons. The van der Waals surface area contributed by atoms with Crippen LogP contribution in [0.15, 0.2) is 48.5 Å². The molecule has 0 aliphatic carbocycles. The molecule has 0 saturated heterocycles. The van der Waals surface area contributed by atoms with Crippen LogP contribution in [0.5, 0.6) is 0 Å². The average Bonchev–Trinajstić information content (AvgIpc) is 2.58. The van der Waals surface area contributed by atoms with Crippen LogP contribution < -0.4 is 0 Å². The standard InChI is InChI=1S/C20H20F6O/c1-13(10-15-5-3-7-17(12-15)20(24,25)26)18(27)9-8-14-4-2-6-16(11-14)19(21,22)23/h2-7,11-13,18,27H,8-10H2,1H3. The van der Waals surface area contributed by atoms with Crippen LogP contribution in [0.3, 0.4) is 0 Å². The Balaban J connectivity index is 1.96. The minimum Gasteiger partial charge on any atom is -0.393 e. The summed E-state index contributed by atoms with van der Waals surface area (Å²) in [6.45, 7) is 1.71. The van der Waals surface area contributed by atoms with E-state index in [0.717, 1.165) is 24.3 Å². The van der Waals surface area contributed by atoms with Crippen LogP contribution in [0, 0.1) is 5.92 Å². The number of halogens is 6. The van der Waals surface area contributed by atoms with E-state index < -0.39 is 29.6 Å². The maximum atomic E-state index is 12.8. The fraction of sp³-hybridized carbons (Fsp3) is 0.400. The lowest BCUT2D eigenvalue weighted by Gasteiger charge is -2.20. The van der Waals surface area contributed by atoms with Crippen molar-refractivity contribution in [2.75, 3.05) is 0 Å². The monoisotopic (exact) mass is 390 g/mol. The van der Waals surface area contributed by atoms with Crippen molar-refractivity contribution >= 4 is 0 Å². The van der Waals surface area contributed by atoms with Crippen molar-refractivity contribution in [3.05, 3.63) is 70.8 Å². The summed E-state index contributed by atoms with van der Waals surface area (Å²) in [5, 5.41) is 10.3. The summed E-state index contributed by atoms with van der Waals surface area (Å²) in [6, 6.07) is 9.82. The first kappa shape index (κ1) is 21.3. The molecule has 0 aliphatic heterocycles. The molecule has 7 heteroatoms. The highest BCUT2D eigenvalue weighted by Crippen LogP contribution is 2.31. The number of rotatable bonds is 6. The van der Waals surface area contributed by atoms with E-state index in [1.165, 1.54) is 12.1 Å². The largest absolute Gasteiger partial charge is 0.416 e. The number of hydrogen-bond donors (Lipinski definition) is 1. The lowest BCUT2D eigenvalue weighted by molar-refractivity contribution is -0.138. The van der Waals surface area contributed by atoms with Gasteiger partial charge in [-0.25, -0.2) is 0 Å². The molecule has 1 nitrogen and oxygen atoms in total. The van der Waals surface area contributed by atoms with Crippen LogP contribution in [-0.4, -0.2) is 11.2 Å². The number of aliphatic hydroxyl groups is 1. The second-order valence-electron chi connectivity index (χ2n) is 6.68. The van der Waals surface area contributed by atoms with Gasteiger partial charge in [0.2, 0.25) is 0 Å². The fourth-order valence-corrected chi connectivity index (χ4v) is 2.88. The molecule has 2 aromatic rings. The zero-order chi connectivity index (χ0) is 20.2. The Hall–Kier alpha value is -2.02. The van der Waals surface area contributed by atoms with Gasteiger partial charge >= 0.3 is 12.4 Å². The van der Waals surface area contributed by atoms with Crippen molar-refractivity contribution in [2.24, 2.45) is 5.92 Å². The molecule has 1 N–H and O–H groups in total. The Morgan fingerprint density at radius 1 is 0.815 bits per heavy atom. The highest BCUT2D eigenvalue weighted by atomic mass is 19.4. The van der Waals surface area contributed by atoms with E-state index >= 15 is 0 Å². The molecule has 0 saturated carbocycles. The smallest absolute Gasteiger partial charge is 0.393 e. The number of aliphatic hydroxyl groups excluding tert-OH is 1. The van der Waals surface area contributed by atoms with Gasteiger partial charge in [0, 0.05) is 0 Å². The van der Waals surface area contributed by atoms with E-state index in [0.29, 0.717) is 11.1 Å². The third-order valence-corrected chi connectivity index (χ3v) is 4.45. The Morgan fingerprint density at radius 2 is 1.30 bits per heavy atom. The van der Waals surface area contributed by atoms with Crippen molar-refractivity contribution in [3.8, 4) is 0 Å². The lowest BCUT2D eigenvalue weighted by atomic mass is 9.91. The van der Waals surface area contributed by atoms with Crippen molar-refractivity contribution in [1.82, 2.24) is 0 Å². The maximum absolute atomic E-state index is 12.8. The third-order valence-electron chi connectivity index (χ3n) is 4.45. The van der Waals surface area contributed by atoms with Crippen LogP contribution >= 0.6 is 0 Å². The number of hydrogen-bond acceptors (Lipinski definition) is 1. The molecule has 0 fully saturated rings. The molecule has 2 rings (SSSR count). The summed E-state index contributed by atoms with van der Waals surface area (Å²) in [7, 11) is 0. The molecule has 0 aromatic heterocycles. The van der Waals surface area contributed by atoms with Crippen molar-refractivity contribution in [1.29, 1.82) is 0 Å². The minimum atomic E-state index is -4.43. The predicted octanol–water partition coefficient (Wildman–Crippen LogP) is 5.90. The molecule has 27 heavy (non-hydrogen) atoms. The summed E-state index contributed by atoms with van der Waals surface area (Å²) in [5.74, 6) is -0.334. The van der Waals surface area contributed by atoms with E-state index in [1.807, 2.05) is 0 Å². The van der Waals surface area contributed by atoms with Crippen LogP contribution in [0.2, 0.25) is 0 Å². The number of alkyl halides is 6. The van der Waals surface area contributed by atoms with Gasteiger partial charge in [-0.05, 0) is 48.4 Å². The summed E-state index contributed by atoms with van der Waals surface area (Å²) in [6.07, 6.45) is -8.98. The maximum Gasteiger partial charge on any atom is 0.416 e. The fourth-order valence-electron chi connectivity index (χ4n) is 2.88. The van der Waals surface area contributed by atoms with Gasteiger partial charge in [0.15, 0.2) is 0 Å². The van der Waals surface area contributed by atoms with Gasteiger partial charge in [0.1, 0.15) is 0 Å². The zero-order valence-corrected chi connectivity index (χ0v) is 14.6. The molecule has 0 aliphatic rings. The summed E-state index contributed by atoms with van der Waals surface area (Å²) >= 11 is 0.